The van der Waals surface area contributed by atoms with Crippen molar-refractivity contribution in [1.82, 2.24) is 14.5 Å². The van der Waals surface area contributed by atoms with E-state index in [4.69, 9.17) is 15.2 Å². The van der Waals surface area contributed by atoms with Crippen LogP contribution in [0.5, 0.6) is 0 Å². The van der Waals surface area contributed by atoms with Crippen LogP contribution in [-0.2, 0) is 20.8 Å². The summed E-state index contributed by atoms with van der Waals surface area (Å²) in [7, 11) is 1.20. The molecule has 1 unspecified atom stereocenters. The number of piperazine rings is 1. The van der Waals surface area contributed by atoms with Gasteiger partial charge >= 0.3 is 12.1 Å². The predicted molar refractivity (Wildman–Crippen MR) is 103 cm³/mol. The Balaban J connectivity index is 2.28. The van der Waals surface area contributed by atoms with Crippen LogP contribution in [-0.4, -0.2) is 76.4 Å². The molecule has 1 atom stereocenters. The lowest BCUT2D eigenvalue weighted by Gasteiger charge is -2.36. The number of hydrogen-bond acceptors (Lipinski definition) is 8. The molecule has 1 fully saturated rings. The van der Waals surface area contributed by atoms with E-state index in [1.807, 2.05) is 4.90 Å². The Bertz CT molecular complexity index is 776. The summed E-state index contributed by atoms with van der Waals surface area (Å²) in [5, 5.41) is 10.1. The summed E-state index contributed by atoms with van der Waals surface area (Å²) in [6.45, 7) is 9.22. The zero-order valence-corrected chi connectivity index (χ0v) is 17.5. The third-order valence-corrected chi connectivity index (χ3v) is 4.41. The van der Waals surface area contributed by atoms with Gasteiger partial charge in [0.1, 0.15) is 11.3 Å². The monoisotopic (exact) mass is 411 g/mol. The van der Waals surface area contributed by atoms with Crippen molar-refractivity contribution in [2.75, 3.05) is 38.2 Å². The third-order valence-electron chi connectivity index (χ3n) is 4.41. The topological polar surface area (TPSA) is 140 Å². The normalized spacial score (nSPS) is 15.8. The first-order chi connectivity index (χ1) is 13.5. The Hall–Kier alpha value is -2.82. The van der Waals surface area contributed by atoms with E-state index in [1.54, 1.807) is 37.2 Å². The minimum Gasteiger partial charge on any atom is -0.464 e. The van der Waals surface area contributed by atoms with Crippen LogP contribution < -0.4 is 10.6 Å². The van der Waals surface area contributed by atoms with Crippen LogP contribution in [0.3, 0.4) is 0 Å². The quantitative estimate of drug-likeness (QED) is 0.658. The maximum absolute atomic E-state index is 12.3. The van der Waals surface area contributed by atoms with Gasteiger partial charge in [0.15, 0.2) is 11.8 Å². The van der Waals surface area contributed by atoms with Gasteiger partial charge in [-0.1, -0.05) is 0 Å². The SMILES string of the molecule is CCn1c(N2CCN(C(=O)OC(C)(C)C)CC2)nc(C(O)C(N)=O)c1C(=O)OC. The van der Waals surface area contributed by atoms with E-state index in [0.29, 0.717) is 38.7 Å². The number of primary amides is 1. The Kier molecular flexibility index (Phi) is 6.73. The van der Waals surface area contributed by atoms with Crippen LogP contribution in [0.4, 0.5) is 10.7 Å². The molecule has 0 bridgehead atoms. The number of nitrogens with two attached hydrogens (primary N) is 1. The smallest absolute Gasteiger partial charge is 0.410 e. The second-order valence-corrected chi connectivity index (χ2v) is 7.64. The number of carbonyl (C=O) groups is 3. The highest BCUT2D eigenvalue weighted by Crippen LogP contribution is 2.26. The van der Waals surface area contributed by atoms with Gasteiger partial charge in [-0.2, -0.15) is 0 Å². The van der Waals surface area contributed by atoms with Crippen molar-refractivity contribution in [3.8, 4) is 0 Å². The van der Waals surface area contributed by atoms with Crippen LogP contribution in [0.1, 0.15) is 50.0 Å². The first kappa shape index (κ1) is 22.5. The Morgan fingerprint density at radius 2 is 1.79 bits per heavy atom. The summed E-state index contributed by atoms with van der Waals surface area (Å²) >= 11 is 0. The number of nitrogens with zero attached hydrogens (tertiary/aromatic N) is 4. The van der Waals surface area contributed by atoms with Crippen LogP contribution in [0.25, 0.3) is 0 Å². The fourth-order valence-corrected chi connectivity index (χ4v) is 3.05. The van der Waals surface area contributed by atoms with Crippen molar-refractivity contribution in [1.29, 1.82) is 0 Å². The zero-order valence-electron chi connectivity index (χ0n) is 17.5. The maximum atomic E-state index is 12.3. The minimum absolute atomic E-state index is 0.0223. The molecule has 1 aliphatic rings. The number of imidazole rings is 1. The molecule has 3 N–H and O–H groups in total. The van der Waals surface area contributed by atoms with Crippen molar-refractivity contribution in [3.05, 3.63) is 11.4 Å². The molecule has 0 spiro atoms. The molecule has 0 saturated carbocycles. The number of esters is 1. The summed E-state index contributed by atoms with van der Waals surface area (Å²) in [6.07, 6.45) is -2.13. The van der Waals surface area contributed by atoms with E-state index in [1.165, 1.54) is 7.11 Å². The maximum Gasteiger partial charge on any atom is 0.410 e. The van der Waals surface area contributed by atoms with Crippen molar-refractivity contribution in [2.24, 2.45) is 5.73 Å². The van der Waals surface area contributed by atoms with Gasteiger partial charge in [0.05, 0.1) is 7.11 Å². The number of methoxy groups -OCH3 is 1. The number of aromatic nitrogens is 2. The van der Waals surface area contributed by atoms with E-state index in [0.717, 1.165) is 0 Å². The Morgan fingerprint density at radius 1 is 1.21 bits per heavy atom. The average Bonchev–Trinajstić information content (AvgIpc) is 3.04. The molecule has 11 nitrogen and oxygen atoms in total. The van der Waals surface area contributed by atoms with Gasteiger partial charge in [-0.05, 0) is 27.7 Å². The molecule has 2 rings (SSSR count). The number of carbonyl (C=O) groups excluding carboxylic acids is 3. The highest BCUT2D eigenvalue weighted by Gasteiger charge is 2.33. The van der Waals surface area contributed by atoms with Gasteiger partial charge in [-0.3, -0.25) is 4.79 Å². The van der Waals surface area contributed by atoms with E-state index in [9.17, 15) is 19.5 Å². The molecule has 0 radical (unpaired) electrons. The zero-order chi connectivity index (χ0) is 21.9. The number of hydrogen-bond donors (Lipinski definition) is 2. The fourth-order valence-electron chi connectivity index (χ4n) is 3.05. The van der Waals surface area contributed by atoms with Gasteiger partial charge in [-0.15, -0.1) is 0 Å². The standard InChI is InChI=1S/C18H29N5O6/c1-6-23-12(15(26)28-5)11(13(24)14(19)25)20-16(23)21-7-9-22(10-8-21)17(27)29-18(2,3)4/h13,24H,6-10H2,1-5H3,(H2,19,25). The van der Waals surface area contributed by atoms with Crippen LogP contribution >= 0.6 is 0 Å². The van der Waals surface area contributed by atoms with E-state index < -0.39 is 29.7 Å². The van der Waals surface area contributed by atoms with Gasteiger partial charge < -0.3 is 34.7 Å². The van der Waals surface area contributed by atoms with Crippen LogP contribution in [0.15, 0.2) is 0 Å². The Morgan fingerprint density at radius 3 is 2.24 bits per heavy atom. The molecule has 162 valence electrons. The molecule has 0 aromatic carbocycles. The van der Waals surface area contributed by atoms with E-state index in [-0.39, 0.29) is 11.4 Å². The molecule has 2 heterocycles. The largest absolute Gasteiger partial charge is 0.464 e. The van der Waals surface area contributed by atoms with Crippen LogP contribution in [0.2, 0.25) is 0 Å². The molecule has 0 aliphatic carbocycles. The number of anilines is 1. The number of aliphatic hydroxyl groups is 1. The van der Waals surface area contributed by atoms with Crippen molar-refractivity contribution in [3.63, 3.8) is 0 Å². The number of aliphatic hydroxyl groups excluding tert-OH is 1. The molecule has 29 heavy (non-hydrogen) atoms. The van der Waals surface area contributed by atoms with Gasteiger partial charge in [0.2, 0.25) is 5.95 Å². The lowest BCUT2D eigenvalue weighted by Crippen LogP contribution is -2.50. The molecule has 1 aromatic rings. The number of amides is 2. The van der Waals surface area contributed by atoms with E-state index >= 15 is 0 Å². The number of ether oxygens (including phenoxy) is 2. The van der Waals surface area contributed by atoms with Crippen molar-refractivity contribution < 1.29 is 29.0 Å². The second kappa shape index (κ2) is 8.68. The predicted octanol–water partition coefficient (Wildman–Crippen LogP) is 0.265. The third kappa shape index (κ3) is 4.97. The molecular formula is C18H29N5O6. The molecular weight excluding hydrogens is 382 g/mol. The Labute approximate surface area is 169 Å². The van der Waals surface area contributed by atoms with Crippen molar-refractivity contribution in [2.45, 2.75) is 45.9 Å². The first-order valence-corrected chi connectivity index (χ1v) is 9.39. The highest BCUT2D eigenvalue weighted by atomic mass is 16.6. The molecule has 1 aromatic heterocycles. The van der Waals surface area contributed by atoms with Crippen LogP contribution in [0, 0.1) is 0 Å². The molecule has 11 heteroatoms. The number of rotatable bonds is 5. The lowest BCUT2D eigenvalue weighted by atomic mass is 10.2. The highest BCUT2D eigenvalue weighted by molar-refractivity contribution is 5.92. The minimum atomic E-state index is -1.74. The lowest BCUT2D eigenvalue weighted by molar-refractivity contribution is -0.126. The summed E-state index contributed by atoms with van der Waals surface area (Å²) in [6, 6.07) is 0. The fraction of sp³-hybridized carbons (Fsp3) is 0.667. The molecule has 1 saturated heterocycles. The summed E-state index contributed by atoms with van der Waals surface area (Å²) in [5.41, 5.74) is 4.45. The first-order valence-electron chi connectivity index (χ1n) is 9.39. The van der Waals surface area contributed by atoms with Gasteiger partial charge in [0.25, 0.3) is 5.91 Å². The molecule has 1 aliphatic heterocycles. The summed E-state index contributed by atoms with van der Waals surface area (Å²) in [5.74, 6) is -1.35. The van der Waals surface area contributed by atoms with Crippen molar-refractivity contribution >= 4 is 23.9 Å². The van der Waals surface area contributed by atoms with Gasteiger partial charge in [0, 0.05) is 32.7 Å². The van der Waals surface area contributed by atoms with E-state index in [2.05, 4.69) is 4.98 Å². The second-order valence-electron chi connectivity index (χ2n) is 7.64. The summed E-state index contributed by atoms with van der Waals surface area (Å²) in [4.78, 5) is 43.8. The molecule has 2 amide bonds. The van der Waals surface area contributed by atoms with Gasteiger partial charge in [-0.25, -0.2) is 14.6 Å². The summed E-state index contributed by atoms with van der Waals surface area (Å²) < 4.78 is 11.8. The average molecular weight is 411 g/mol.